The Kier molecular flexibility index (Phi) is 2.65. The van der Waals surface area contributed by atoms with Crippen LogP contribution in [0.4, 0.5) is 0 Å². The van der Waals surface area contributed by atoms with Crippen molar-refractivity contribution in [2.45, 2.75) is 6.42 Å². The van der Waals surface area contributed by atoms with Crippen molar-refractivity contribution in [3.63, 3.8) is 0 Å². The predicted molar refractivity (Wildman–Crippen MR) is 54.5 cm³/mol. The molecule has 0 aliphatic heterocycles. The number of nitrogens with zero attached hydrogens (tertiary/aromatic N) is 2. The fourth-order valence-electron chi connectivity index (χ4n) is 1.12. The highest BCUT2D eigenvalue weighted by Crippen LogP contribution is 2.12. The fraction of sp³-hybridized carbons (Fsp3) is 0.100. The van der Waals surface area contributed by atoms with Gasteiger partial charge in [0.1, 0.15) is 5.69 Å². The molecule has 14 heavy (non-hydrogen) atoms. The van der Waals surface area contributed by atoms with Crippen molar-refractivity contribution in [1.29, 1.82) is 0 Å². The molecule has 0 saturated carbocycles. The monoisotopic (exact) mass is 204 g/mol. The second kappa shape index (κ2) is 4.11. The minimum Gasteiger partial charge on any atom is -0.296 e. The average molecular weight is 204 g/mol. The normalized spacial score (nSPS) is 10.0. The third-order valence-electron chi connectivity index (χ3n) is 1.75. The summed E-state index contributed by atoms with van der Waals surface area (Å²) in [6.07, 6.45) is 3.21. The van der Waals surface area contributed by atoms with E-state index in [-0.39, 0.29) is 0 Å². The van der Waals surface area contributed by atoms with Crippen molar-refractivity contribution in [3.05, 3.63) is 46.2 Å². The van der Waals surface area contributed by atoms with Gasteiger partial charge in [-0.3, -0.25) is 9.78 Å². The van der Waals surface area contributed by atoms with Crippen LogP contribution in [0.2, 0.25) is 0 Å². The standard InChI is InChI=1S/C10H8N2OS/c13-6-9-7-14-10(12-9)5-8-3-1-2-4-11-8/h1-4,6-7H,5H2. The van der Waals surface area contributed by atoms with Gasteiger partial charge in [-0.15, -0.1) is 11.3 Å². The third-order valence-corrected chi connectivity index (χ3v) is 2.62. The number of thiazole rings is 1. The number of aldehydes is 1. The van der Waals surface area contributed by atoms with Gasteiger partial charge in [0, 0.05) is 23.7 Å². The highest BCUT2D eigenvalue weighted by Gasteiger charge is 2.02. The summed E-state index contributed by atoms with van der Waals surface area (Å²) in [5, 5.41) is 2.68. The van der Waals surface area contributed by atoms with Crippen molar-refractivity contribution in [2.75, 3.05) is 0 Å². The van der Waals surface area contributed by atoms with E-state index in [0.717, 1.165) is 17.0 Å². The molecule has 0 atom stereocenters. The first-order valence-corrected chi connectivity index (χ1v) is 5.06. The Morgan fingerprint density at radius 2 is 2.36 bits per heavy atom. The molecule has 0 unspecified atom stereocenters. The van der Waals surface area contributed by atoms with Crippen LogP contribution in [0.1, 0.15) is 21.2 Å². The molecule has 0 spiro atoms. The van der Waals surface area contributed by atoms with Gasteiger partial charge in [0.05, 0.1) is 5.01 Å². The minimum absolute atomic E-state index is 0.501. The van der Waals surface area contributed by atoms with E-state index in [9.17, 15) is 4.79 Å². The molecule has 0 aliphatic carbocycles. The summed E-state index contributed by atoms with van der Waals surface area (Å²) in [6.45, 7) is 0. The molecular weight excluding hydrogens is 196 g/mol. The van der Waals surface area contributed by atoms with Crippen molar-refractivity contribution in [3.8, 4) is 0 Å². The lowest BCUT2D eigenvalue weighted by atomic mass is 10.3. The maximum absolute atomic E-state index is 10.4. The molecule has 0 bridgehead atoms. The zero-order valence-corrected chi connectivity index (χ0v) is 8.20. The molecule has 70 valence electrons. The smallest absolute Gasteiger partial charge is 0.169 e. The van der Waals surface area contributed by atoms with E-state index in [1.807, 2.05) is 18.2 Å². The summed E-state index contributed by atoms with van der Waals surface area (Å²) in [5.74, 6) is 0. The van der Waals surface area contributed by atoms with Crippen molar-refractivity contribution in [2.24, 2.45) is 0 Å². The van der Waals surface area contributed by atoms with E-state index in [0.29, 0.717) is 12.1 Å². The van der Waals surface area contributed by atoms with Crippen LogP contribution < -0.4 is 0 Å². The van der Waals surface area contributed by atoms with Gasteiger partial charge in [0.2, 0.25) is 0 Å². The van der Waals surface area contributed by atoms with E-state index in [1.54, 1.807) is 11.6 Å². The fourth-order valence-corrected chi connectivity index (χ4v) is 1.87. The molecule has 0 radical (unpaired) electrons. The molecule has 0 fully saturated rings. The highest BCUT2D eigenvalue weighted by molar-refractivity contribution is 7.09. The Hall–Kier alpha value is -1.55. The largest absolute Gasteiger partial charge is 0.296 e. The van der Waals surface area contributed by atoms with Crippen molar-refractivity contribution in [1.82, 2.24) is 9.97 Å². The summed E-state index contributed by atoms with van der Waals surface area (Å²) in [5.41, 5.74) is 1.47. The zero-order chi connectivity index (χ0) is 9.80. The number of carbonyl (C=O) groups is 1. The summed E-state index contributed by atoms with van der Waals surface area (Å²) >= 11 is 1.49. The summed E-state index contributed by atoms with van der Waals surface area (Å²) in [6, 6.07) is 5.76. The van der Waals surface area contributed by atoms with Gasteiger partial charge in [0.25, 0.3) is 0 Å². The molecule has 2 aromatic rings. The number of rotatable bonds is 3. The Balaban J connectivity index is 2.15. The van der Waals surface area contributed by atoms with Crippen molar-refractivity contribution >= 4 is 17.6 Å². The Bertz CT molecular complexity index is 425. The van der Waals surface area contributed by atoms with Gasteiger partial charge in [-0.2, -0.15) is 0 Å². The van der Waals surface area contributed by atoms with Crippen molar-refractivity contribution < 1.29 is 4.79 Å². The van der Waals surface area contributed by atoms with Crippen LogP contribution in [0.3, 0.4) is 0 Å². The topological polar surface area (TPSA) is 42.9 Å². The first kappa shape index (κ1) is 9.02. The van der Waals surface area contributed by atoms with E-state index in [1.165, 1.54) is 11.3 Å². The molecule has 2 heterocycles. The first-order chi connectivity index (χ1) is 6.88. The van der Waals surface area contributed by atoms with Crippen LogP contribution >= 0.6 is 11.3 Å². The Morgan fingerprint density at radius 1 is 1.43 bits per heavy atom. The van der Waals surface area contributed by atoms with E-state index in [2.05, 4.69) is 9.97 Å². The summed E-state index contributed by atoms with van der Waals surface area (Å²) in [4.78, 5) is 18.7. The van der Waals surface area contributed by atoms with Crippen LogP contribution in [0.25, 0.3) is 0 Å². The minimum atomic E-state index is 0.501. The molecule has 3 nitrogen and oxygen atoms in total. The molecule has 0 amide bonds. The molecule has 0 aliphatic rings. The molecule has 0 saturated heterocycles. The molecular formula is C10H8N2OS. The maximum atomic E-state index is 10.4. The van der Waals surface area contributed by atoms with E-state index < -0.39 is 0 Å². The maximum Gasteiger partial charge on any atom is 0.169 e. The van der Waals surface area contributed by atoms with Crippen LogP contribution in [0.15, 0.2) is 29.8 Å². The number of pyridine rings is 1. The lowest BCUT2D eigenvalue weighted by Crippen LogP contribution is -1.90. The third kappa shape index (κ3) is 2.03. The quantitative estimate of drug-likeness (QED) is 0.717. The number of hydrogen-bond donors (Lipinski definition) is 0. The molecule has 0 N–H and O–H groups in total. The highest BCUT2D eigenvalue weighted by atomic mass is 32.1. The van der Waals surface area contributed by atoms with Gasteiger partial charge < -0.3 is 0 Å². The van der Waals surface area contributed by atoms with Crippen LogP contribution in [-0.4, -0.2) is 16.3 Å². The van der Waals surface area contributed by atoms with Crippen LogP contribution in [0, 0.1) is 0 Å². The molecule has 2 aromatic heterocycles. The van der Waals surface area contributed by atoms with Gasteiger partial charge in [-0.05, 0) is 12.1 Å². The predicted octanol–water partition coefficient (Wildman–Crippen LogP) is 1.94. The number of carbonyl (C=O) groups excluding carboxylic acids is 1. The Labute approximate surface area is 85.5 Å². The van der Waals surface area contributed by atoms with Gasteiger partial charge >= 0.3 is 0 Å². The van der Waals surface area contributed by atoms with Crippen LogP contribution in [-0.2, 0) is 6.42 Å². The molecule has 0 aromatic carbocycles. The Morgan fingerprint density at radius 3 is 3.00 bits per heavy atom. The average Bonchev–Trinajstić information content (AvgIpc) is 2.67. The van der Waals surface area contributed by atoms with Crippen LogP contribution in [0.5, 0.6) is 0 Å². The first-order valence-electron chi connectivity index (χ1n) is 4.18. The lowest BCUT2D eigenvalue weighted by molar-refractivity contribution is 0.111. The number of hydrogen-bond acceptors (Lipinski definition) is 4. The number of aromatic nitrogens is 2. The molecule has 2 rings (SSSR count). The molecule has 4 heteroatoms. The second-order valence-corrected chi connectivity index (χ2v) is 3.72. The summed E-state index contributed by atoms with van der Waals surface area (Å²) in [7, 11) is 0. The SMILES string of the molecule is O=Cc1csc(Cc2ccccn2)n1. The van der Waals surface area contributed by atoms with Gasteiger partial charge in [0.15, 0.2) is 6.29 Å². The van der Waals surface area contributed by atoms with Gasteiger partial charge in [-0.1, -0.05) is 6.07 Å². The second-order valence-electron chi connectivity index (χ2n) is 2.78. The van der Waals surface area contributed by atoms with E-state index >= 15 is 0 Å². The summed E-state index contributed by atoms with van der Waals surface area (Å²) < 4.78 is 0. The lowest BCUT2D eigenvalue weighted by Gasteiger charge is -1.94. The van der Waals surface area contributed by atoms with Gasteiger partial charge in [-0.25, -0.2) is 4.98 Å². The zero-order valence-electron chi connectivity index (χ0n) is 7.38. The van der Waals surface area contributed by atoms with E-state index in [4.69, 9.17) is 0 Å².